The molecule has 1 aliphatic heterocycles. The van der Waals surface area contributed by atoms with Crippen LogP contribution in [0.5, 0.6) is 5.75 Å². The predicted molar refractivity (Wildman–Crippen MR) is 87.0 cm³/mol. The van der Waals surface area contributed by atoms with Gasteiger partial charge in [0.15, 0.2) is 11.6 Å². The van der Waals surface area contributed by atoms with Crippen LogP contribution in [-0.4, -0.2) is 55.8 Å². The van der Waals surface area contributed by atoms with Crippen LogP contribution in [0.1, 0.15) is 26.2 Å². The average molecular weight is 292 g/mol. The molecule has 5 heteroatoms. The number of unbranched alkanes of at least 4 members (excludes halogenated alkanes) is 1. The second kappa shape index (κ2) is 8.85. The Bertz CT molecular complexity index is 405. The van der Waals surface area contributed by atoms with E-state index in [9.17, 15) is 0 Å². The lowest BCUT2D eigenvalue weighted by molar-refractivity contribution is 0.251. The molecule has 1 aromatic rings. The van der Waals surface area contributed by atoms with Gasteiger partial charge in [0, 0.05) is 32.4 Å². The lowest BCUT2D eigenvalue weighted by Gasteiger charge is -2.35. The van der Waals surface area contributed by atoms with E-state index in [0.29, 0.717) is 0 Å². The third-order valence-corrected chi connectivity index (χ3v) is 3.81. The zero-order valence-corrected chi connectivity index (χ0v) is 13.1. The molecule has 2 N–H and O–H groups in total. The fourth-order valence-corrected chi connectivity index (χ4v) is 2.61. The molecule has 1 aliphatic rings. The van der Waals surface area contributed by atoms with Crippen LogP contribution in [0.2, 0.25) is 0 Å². The van der Waals surface area contributed by atoms with Gasteiger partial charge in [-0.2, -0.15) is 0 Å². The van der Waals surface area contributed by atoms with E-state index in [1.165, 1.54) is 6.42 Å². The van der Waals surface area contributed by atoms with E-state index in [1.54, 1.807) is 0 Å². The van der Waals surface area contributed by atoms with Crippen LogP contribution < -0.4 is 15.4 Å². The minimum absolute atomic E-state index is 0.748. The summed E-state index contributed by atoms with van der Waals surface area (Å²) in [6.45, 7) is 9.04. The van der Waals surface area contributed by atoms with Crippen molar-refractivity contribution < 1.29 is 4.74 Å². The Hall–Kier alpha value is -1.33. The molecule has 21 heavy (non-hydrogen) atoms. The smallest absolute Gasteiger partial charge is 0.171 e. The second-order valence-corrected chi connectivity index (χ2v) is 5.50. The highest BCUT2D eigenvalue weighted by molar-refractivity contribution is 5.52. The number of aromatic nitrogens is 1. The van der Waals surface area contributed by atoms with Crippen LogP contribution in [0.15, 0.2) is 18.3 Å². The van der Waals surface area contributed by atoms with E-state index >= 15 is 0 Å². The van der Waals surface area contributed by atoms with Crippen LogP contribution >= 0.6 is 0 Å². The highest BCUT2D eigenvalue weighted by Gasteiger charge is 2.20. The highest BCUT2D eigenvalue weighted by atomic mass is 16.5. The molecular weight excluding hydrogens is 264 g/mol. The summed E-state index contributed by atoms with van der Waals surface area (Å²) < 4.78 is 5.81. The Labute approximate surface area is 128 Å². The first kappa shape index (κ1) is 16.0. The molecule has 0 atom stereocenters. The van der Waals surface area contributed by atoms with Gasteiger partial charge in [0.25, 0.3) is 0 Å². The zero-order chi connectivity index (χ0) is 14.9. The van der Waals surface area contributed by atoms with Crippen molar-refractivity contribution in [2.24, 2.45) is 5.73 Å². The SMILES string of the molecule is CCCOc1cccnc1N1CCN(CCCCN)CC1. The molecule has 5 nitrogen and oxygen atoms in total. The van der Waals surface area contributed by atoms with Crippen LogP contribution in [-0.2, 0) is 0 Å². The summed E-state index contributed by atoms with van der Waals surface area (Å²) in [6, 6.07) is 3.96. The van der Waals surface area contributed by atoms with Gasteiger partial charge in [0.05, 0.1) is 6.61 Å². The van der Waals surface area contributed by atoms with E-state index in [4.69, 9.17) is 10.5 Å². The fraction of sp³-hybridized carbons (Fsp3) is 0.688. The third-order valence-electron chi connectivity index (χ3n) is 3.81. The molecule has 0 unspecified atom stereocenters. The molecule has 2 rings (SSSR count). The van der Waals surface area contributed by atoms with Crippen LogP contribution in [0.4, 0.5) is 5.82 Å². The number of pyridine rings is 1. The van der Waals surface area contributed by atoms with Gasteiger partial charge in [-0.25, -0.2) is 4.98 Å². The average Bonchev–Trinajstić information content (AvgIpc) is 2.54. The fourth-order valence-electron chi connectivity index (χ4n) is 2.61. The van der Waals surface area contributed by atoms with Gasteiger partial charge in [0.2, 0.25) is 0 Å². The minimum Gasteiger partial charge on any atom is -0.490 e. The van der Waals surface area contributed by atoms with Gasteiger partial charge in [-0.05, 0) is 44.5 Å². The summed E-state index contributed by atoms with van der Waals surface area (Å²) >= 11 is 0. The van der Waals surface area contributed by atoms with Crippen LogP contribution in [0.3, 0.4) is 0 Å². The minimum atomic E-state index is 0.748. The number of hydrogen-bond donors (Lipinski definition) is 1. The molecule has 0 saturated carbocycles. The normalized spacial score (nSPS) is 16.2. The van der Waals surface area contributed by atoms with Crippen molar-refractivity contribution in [3.05, 3.63) is 18.3 Å². The predicted octanol–water partition coefficient (Wildman–Crippen LogP) is 1.73. The zero-order valence-electron chi connectivity index (χ0n) is 13.1. The van der Waals surface area contributed by atoms with Crippen molar-refractivity contribution in [2.75, 3.05) is 50.8 Å². The van der Waals surface area contributed by atoms with Crippen LogP contribution in [0, 0.1) is 0 Å². The van der Waals surface area contributed by atoms with E-state index in [1.807, 2.05) is 18.3 Å². The van der Waals surface area contributed by atoms with Gasteiger partial charge < -0.3 is 15.4 Å². The summed E-state index contributed by atoms with van der Waals surface area (Å²) in [4.78, 5) is 9.37. The van der Waals surface area contributed by atoms with Gasteiger partial charge in [-0.15, -0.1) is 0 Å². The molecule has 1 fully saturated rings. The van der Waals surface area contributed by atoms with E-state index in [2.05, 4.69) is 21.7 Å². The number of anilines is 1. The maximum absolute atomic E-state index is 5.81. The maximum Gasteiger partial charge on any atom is 0.171 e. The number of rotatable bonds is 8. The topological polar surface area (TPSA) is 54.6 Å². The molecule has 0 radical (unpaired) electrons. The van der Waals surface area contributed by atoms with Gasteiger partial charge in [-0.3, -0.25) is 4.90 Å². The van der Waals surface area contributed by atoms with Crippen molar-refractivity contribution in [2.45, 2.75) is 26.2 Å². The van der Waals surface area contributed by atoms with Gasteiger partial charge in [-0.1, -0.05) is 6.92 Å². The molecule has 2 heterocycles. The summed E-state index contributed by atoms with van der Waals surface area (Å²) in [5.74, 6) is 1.91. The maximum atomic E-state index is 5.81. The van der Waals surface area contributed by atoms with E-state index in [-0.39, 0.29) is 0 Å². The quantitative estimate of drug-likeness (QED) is 0.740. The lowest BCUT2D eigenvalue weighted by atomic mass is 10.2. The Morgan fingerprint density at radius 1 is 1.24 bits per heavy atom. The Kier molecular flexibility index (Phi) is 6.76. The van der Waals surface area contributed by atoms with E-state index in [0.717, 1.165) is 70.3 Å². The Balaban J connectivity index is 1.87. The van der Waals surface area contributed by atoms with Crippen molar-refractivity contribution in [1.29, 1.82) is 0 Å². The number of piperazine rings is 1. The Morgan fingerprint density at radius 2 is 2.05 bits per heavy atom. The molecule has 1 saturated heterocycles. The van der Waals surface area contributed by atoms with Crippen molar-refractivity contribution >= 4 is 5.82 Å². The Morgan fingerprint density at radius 3 is 2.76 bits per heavy atom. The molecule has 0 aliphatic carbocycles. The van der Waals surface area contributed by atoms with E-state index < -0.39 is 0 Å². The summed E-state index contributed by atoms with van der Waals surface area (Å²) in [6.07, 6.45) is 5.19. The molecule has 0 bridgehead atoms. The second-order valence-electron chi connectivity index (χ2n) is 5.50. The number of ether oxygens (including phenoxy) is 1. The van der Waals surface area contributed by atoms with Gasteiger partial charge in [0.1, 0.15) is 0 Å². The summed E-state index contributed by atoms with van der Waals surface area (Å²) in [5.41, 5.74) is 5.55. The highest BCUT2D eigenvalue weighted by Crippen LogP contribution is 2.26. The third kappa shape index (κ3) is 4.86. The first-order valence-electron chi connectivity index (χ1n) is 8.10. The first-order valence-corrected chi connectivity index (χ1v) is 8.10. The van der Waals surface area contributed by atoms with Crippen LogP contribution in [0.25, 0.3) is 0 Å². The standard InChI is InChI=1S/C16H28N4O/c1-2-14-21-15-6-5-8-18-16(15)20-12-10-19(11-13-20)9-4-3-7-17/h5-6,8H,2-4,7,9-14,17H2,1H3. The molecule has 118 valence electrons. The number of nitrogens with two attached hydrogens (primary N) is 1. The largest absolute Gasteiger partial charge is 0.490 e. The lowest BCUT2D eigenvalue weighted by Crippen LogP contribution is -2.47. The summed E-state index contributed by atoms with van der Waals surface area (Å²) in [7, 11) is 0. The first-order chi connectivity index (χ1) is 10.3. The molecule has 0 amide bonds. The van der Waals surface area contributed by atoms with Crippen molar-refractivity contribution in [3.63, 3.8) is 0 Å². The van der Waals surface area contributed by atoms with Crippen molar-refractivity contribution in [1.82, 2.24) is 9.88 Å². The summed E-state index contributed by atoms with van der Waals surface area (Å²) in [5, 5.41) is 0. The van der Waals surface area contributed by atoms with Gasteiger partial charge >= 0.3 is 0 Å². The number of nitrogens with zero attached hydrogens (tertiary/aromatic N) is 3. The molecule has 0 aromatic carbocycles. The molecule has 0 spiro atoms. The monoisotopic (exact) mass is 292 g/mol. The number of hydrogen-bond acceptors (Lipinski definition) is 5. The molecular formula is C16H28N4O. The molecule has 1 aromatic heterocycles. The van der Waals surface area contributed by atoms with Crippen molar-refractivity contribution in [3.8, 4) is 5.75 Å².